The molecule has 2 N–H and O–H groups in total. The lowest BCUT2D eigenvalue weighted by atomic mass is 10.1. The Labute approximate surface area is 128 Å². The van der Waals surface area contributed by atoms with E-state index in [1.165, 1.54) is 0 Å². The second-order valence-electron chi connectivity index (χ2n) is 4.29. The minimum Gasteiger partial charge on any atom is -0.399 e. The highest BCUT2D eigenvalue weighted by molar-refractivity contribution is 7.91. The highest BCUT2D eigenvalue weighted by Gasteiger charge is 2.13. The highest BCUT2D eigenvalue weighted by atomic mass is 35.5. The van der Waals surface area contributed by atoms with E-state index in [-0.39, 0.29) is 10.6 Å². The van der Waals surface area contributed by atoms with Gasteiger partial charge in [0.25, 0.3) is 0 Å². The van der Waals surface area contributed by atoms with E-state index in [2.05, 4.69) is 0 Å². The number of hydrogen-bond acceptors (Lipinski definition) is 3. The molecule has 2 aromatic carbocycles. The fraction of sp³-hybridized carbons (Fsp3) is 0.143. The highest BCUT2D eigenvalue weighted by Crippen LogP contribution is 2.36. The molecule has 2 rings (SSSR count). The summed E-state index contributed by atoms with van der Waals surface area (Å²) in [6, 6.07) is 9.70. The van der Waals surface area contributed by atoms with Gasteiger partial charge in [0.1, 0.15) is 0 Å². The Bertz CT molecular complexity index is 717. The van der Waals surface area contributed by atoms with Gasteiger partial charge in [-0.3, -0.25) is 0 Å². The lowest BCUT2D eigenvalue weighted by Crippen LogP contribution is -2.03. The smallest absolute Gasteiger partial charge is 0.178 e. The predicted octanol–water partition coefficient (Wildman–Crippen LogP) is 4.04. The van der Waals surface area contributed by atoms with Crippen LogP contribution >= 0.6 is 23.2 Å². The quantitative estimate of drug-likeness (QED) is 0.864. The zero-order chi connectivity index (χ0) is 14.9. The molecule has 0 spiro atoms. The Hall–Kier alpha value is -1.23. The van der Waals surface area contributed by atoms with Crippen LogP contribution in [0.5, 0.6) is 0 Å². The molecule has 0 atom stereocenters. The van der Waals surface area contributed by atoms with Crippen molar-refractivity contribution in [1.29, 1.82) is 0 Å². The second-order valence-corrected chi connectivity index (χ2v) is 7.38. The maximum absolute atomic E-state index is 11.8. The van der Waals surface area contributed by atoms with E-state index < -0.39 is 9.84 Å². The van der Waals surface area contributed by atoms with Crippen molar-refractivity contribution in [3.05, 3.63) is 46.4 Å². The summed E-state index contributed by atoms with van der Waals surface area (Å²) in [5.41, 5.74) is 7.52. The molecule has 0 fully saturated rings. The van der Waals surface area contributed by atoms with Gasteiger partial charge in [0.15, 0.2) is 9.84 Å². The van der Waals surface area contributed by atoms with Crippen molar-refractivity contribution in [2.45, 2.75) is 11.8 Å². The van der Waals surface area contributed by atoms with Gasteiger partial charge in [0.2, 0.25) is 0 Å². The van der Waals surface area contributed by atoms with Crippen molar-refractivity contribution >= 4 is 38.7 Å². The van der Waals surface area contributed by atoms with Crippen LogP contribution in [0.1, 0.15) is 6.92 Å². The molecule has 0 aliphatic carbocycles. The summed E-state index contributed by atoms with van der Waals surface area (Å²) in [4.78, 5) is 0.284. The van der Waals surface area contributed by atoms with Crippen LogP contribution in [-0.2, 0) is 9.84 Å². The molecular weight excluding hydrogens is 317 g/mol. The minimum atomic E-state index is -3.21. The molecule has 6 heteroatoms. The SMILES string of the molecule is CCS(=O)(=O)c1ccc(-c2c(Cl)cc(N)cc2Cl)cc1. The van der Waals surface area contributed by atoms with E-state index in [9.17, 15) is 8.42 Å². The largest absolute Gasteiger partial charge is 0.399 e. The summed E-state index contributed by atoms with van der Waals surface area (Å²) < 4.78 is 23.5. The van der Waals surface area contributed by atoms with Gasteiger partial charge in [0, 0.05) is 11.3 Å². The summed E-state index contributed by atoms with van der Waals surface area (Å²) in [7, 11) is -3.21. The number of anilines is 1. The number of nitrogens with two attached hydrogens (primary N) is 1. The number of sulfone groups is 1. The number of nitrogen functional groups attached to an aromatic ring is 1. The molecule has 0 saturated heterocycles. The molecule has 0 unspecified atom stereocenters. The lowest BCUT2D eigenvalue weighted by molar-refractivity contribution is 0.597. The molecule has 20 heavy (non-hydrogen) atoms. The second kappa shape index (κ2) is 5.64. The van der Waals surface area contributed by atoms with Crippen LogP contribution < -0.4 is 5.73 Å². The standard InChI is InChI=1S/C14H13Cl2NO2S/c1-2-20(18,19)11-5-3-9(4-6-11)14-12(15)7-10(17)8-13(14)16/h3-8H,2,17H2,1H3. The zero-order valence-electron chi connectivity index (χ0n) is 10.7. The summed E-state index contributed by atoms with van der Waals surface area (Å²) >= 11 is 12.3. The monoisotopic (exact) mass is 329 g/mol. The van der Waals surface area contributed by atoms with E-state index in [4.69, 9.17) is 28.9 Å². The van der Waals surface area contributed by atoms with E-state index in [1.807, 2.05) is 0 Å². The molecule has 0 saturated carbocycles. The molecule has 0 aliphatic heterocycles. The van der Waals surface area contributed by atoms with Gasteiger partial charge in [-0.25, -0.2) is 8.42 Å². The van der Waals surface area contributed by atoms with E-state index >= 15 is 0 Å². The van der Waals surface area contributed by atoms with Crippen LogP contribution in [0.4, 0.5) is 5.69 Å². The average molecular weight is 330 g/mol. The van der Waals surface area contributed by atoms with Crippen LogP contribution in [0.2, 0.25) is 10.0 Å². The van der Waals surface area contributed by atoms with E-state index in [1.54, 1.807) is 43.3 Å². The maximum Gasteiger partial charge on any atom is 0.178 e. The van der Waals surface area contributed by atoms with Crippen LogP contribution in [-0.4, -0.2) is 14.2 Å². The number of halogens is 2. The Morgan fingerprint density at radius 3 is 2.00 bits per heavy atom. The Balaban J connectivity index is 2.51. The molecule has 0 radical (unpaired) electrons. The molecule has 0 bridgehead atoms. The zero-order valence-corrected chi connectivity index (χ0v) is 13.1. The lowest BCUT2D eigenvalue weighted by Gasteiger charge is -2.09. The first kappa shape index (κ1) is 15.2. The van der Waals surface area contributed by atoms with Gasteiger partial charge >= 0.3 is 0 Å². The van der Waals surface area contributed by atoms with Crippen LogP contribution in [0, 0.1) is 0 Å². The van der Waals surface area contributed by atoms with Crippen molar-refractivity contribution in [2.24, 2.45) is 0 Å². The van der Waals surface area contributed by atoms with Gasteiger partial charge in [-0.1, -0.05) is 42.3 Å². The molecule has 0 heterocycles. The average Bonchev–Trinajstić information content (AvgIpc) is 2.38. The molecule has 0 amide bonds. The number of hydrogen-bond donors (Lipinski definition) is 1. The first-order valence-electron chi connectivity index (χ1n) is 5.93. The van der Waals surface area contributed by atoms with Crippen molar-refractivity contribution < 1.29 is 8.42 Å². The van der Waals surface area contributed by atoms with Gasteiger partial charge < -0.3 is 5.73 Å². The van der Waals surface area contributed by atoms with E-state index in [0.29, 0.717) is 21.3 Å². The normalized spacial score (nSPS) is 11.6. The first-order chi connectivity index (χ1) is 9.35. The molecular formula is C14H13Cl2NO2S. The van der Waals surface area contributed by atoms with Crippen LogP contribution in [0.25, 0.3) is 11.1 Å². The summed E-state index contributed by atoms with van der Waals surface area (Å²) in [6.07, 6.45) is 0. The maximum atomic E-state index is 11.8. The Kier molecular flexibility index (Phi) is 4.28. The summed E-state index contributed by atoms with van der Waals surface area (Å²) in [5, 5.41) is 0.863. The van der Waals surface area contributed by atoms with E-state index in [0.717, 1.165) is 5.56 Å². The predicted molar refractivity (Wildman–Crippen MR) is 84.0 cm³/mol. The summed E-state index contributed by atoms with van der Waals surface area (Å²) in [5.74, 6) is 0.0652. The van der Waals surface area contributed by atoms with Gasteiger partial charge in [-0.05, 0) is 29.8 Å². The summed E-state index contributed by atoms with van der Waals surface area (Å²) in [6.45, 7) is 1.61. The van der Waals surface area contributed by atoms with Gasteiger partial charge in [-0.2, -0.15) is 0 Å². The van der Waals surface area contributed by atoms with Crippen molar-refractivity contribution in [2.75, 3.05) is 11.5 Å². The van der Waals surface area contributed by atoms with Gasteiger partial charge in [-0.15, -0.1) is 0 Å². The topological polar surface area (TPSA) is 60.2 Å². The van der Waals surface area contributed by atoms with Crippen molar-refractivity contribution in [3.8, 4) is 11.1 Å². The first-order valence-corrected chi connectivity index (χ1v) is 8.33. The Morgan fingerprint density at radius 2 is 1.55 bits per heavy atom. The van der Waals surface area contributed by atoms with Crippen LogP contribution in [0.15, 0.2) is 41.3 Å². The molecule has 3 nitrogen and oxygen atoms in total. The van der Waals surface area contributed by atoms with Crippen molar-refractivity contribution in [1.82, 2.24) is 0 Å². The number of rotatable bonds is 3. The van der Waals surface area contributed by atoms with Gasteiger partial charge in [0.05, 0.1) is 20.7 Å². The fourth-order valence-electron chi connectivity index (χ4n) is 1.86. The molecule has 0 aliphatic rings. The van der Waals surface area contributed by atoms with Crippen molar-refractivity contribution in [3.63, 3.8) is 0 Å². The van der Waals surface area contributed by atoms with Crippen LogP contribution in [0.3, 0.4) is 0 Å². The third kappa shape index (κ3) is 2.92. The third-order valence-corrected chi connectivity index (χ3v) is 5.29. The molecule has 2 aromatic rings. The Morgan fingerprint density at radius 1 is 1.05 bits per heavy atom. The number of benzene rings is 2. The molecule has 106 valence electrons. The third-order valence-electron chi connectivity index (χ3n) is 2.95. The minimum absolute atomic E-state index is 0.0652. The molecule has 0 aromatic heterocycles. The fourth-order valence-corrected chi connectivity index (χ4v) is 3.47.